The largest absolute Gasteiger partial charge is 0.322 e. The van der Waals surface area contributed by atoms with Crippen LogP contribution in [0.2, 0.25) is 0 Å². The molecule has 3 heterocycles. The van der Waals surface area contributed by atoms with Gasteiger partial charge in [-0.3, -0.25) is 14.9 Å². The van der Waals surface area contributed by atoms with Gasteiger partial charge < -0.3 is 10.6 Å². The Morgan fingerprint density at radius 1 is 1.34 bits per heavy atom. The molecule has 2 atom stereocenters. The van der Waals surface area contributed by atoms with Crippen molar-refractivity contribution in [2.75, 3.05) is 5.32 Å². The first-order chi connectivity index (χ1) is 14.0. The molecule has 1 saturated heterocycles. The molecule has 4 rings (SSSR count). The standard InChI is InChI=1S/C20H18N6O2S/c1-12-8-18(27)24-20(22-12)26-17(10-15(25-26)16-6-3-7-29-16)23-19(28)14-5-2-4-13(9-14)11-21/h2-7,9-10,12,20,22H,8H2,1H3,(H,23,28)(H,24,27). The molecule has 8 nitrogen and oxygen atoms in total. The van der Waals surface area contributed by atoms with E-state index in [2.05, 4.69) is 21.0 Å². The zero-order valence-electron chi connectivity index (χ0n) is 15.5. The summed E-state index contributed by atoms with van der Waals surface area (Å²) in [5.74, 6) is -0.0164. The van der Waals surface area contributed by atoms with E-state index in [1.54, 1.807) is 28.9 Å². The summed E-state index contributed by atoms with van der Waals surface area (Å²) in [6.45, 7) is 1.92. The van der Waals surface area contributed by atoms with Crippen molar-refractivity contribution in [2.45, 2.75) is 25.7 Å². The van der Waals surface area contributed by atoms with Crippen LogP contribution in [0.4, 0.5) is 5.82 Å². The predicted octanol–water partition coefficient (Wildman–Crippen LogP) is 2.69. The third kappa shape index (κ3) is 4.03. The molecule has 2 amide bonds. The van der Waals surface area contributed by atoms with Gasteiger partial charge in [0.25, 0.3) is 5.91 Å². The summed E-state index contributed by atoms with van der Waals surface area (Å²) in [4.78, 5) is 25.7. The predicted molar refractivity (Wildman–Crippen MR) is 109 cm³/mol. The van der Waals surface area contributed by atoms with E-state index in [1.165, 1.54) is 17.4 Å². The van der Waals surface area contributed by atoms with Crippen LogP contribution in [0, 0.1) is 11.3 Å². The number of hydrogen-bond donors (Lipinski definition) is 3. The third-order valence-electron chi connectivity index (χ3n) is 4.48. The number of hydrogen-bond acceptors (Lipinski definition) is 6. The van der Waals surface area contributed by atoms with Crippen molar-refractivity contribution in [3.63, 3.8) is 0 Å². The maximum Gasteiger partial charge on any atom is 0.256 e. The molecule has 9 heteroatoms. The van der Waals surface area contributed by atoms with E-state index < -0.39 is 6.29 Å². The molecule has 3 N–H and O–H groups in total. The van der Waals surface area contributed by atoms with E-state index in [0.717, 1.165) is 4.88 Å². The number of thiophene rings is 1. The van der Waals surface area contributed by atoms with Crippen molar-refractivity contribution in [1.82, 2.24) is 20.4 Å². The lowest BCUT2D eigenvalue weighted by atomic mass is 10.1. The first kappa shape index (κ1) is 18.9. The van der Waals surface area contributed by atoms with Crippen molar-refractivity contribution in [3.8, 4) is 16.6 Å². The molecular weight excluding hydrogens is 388 g/mol. The quantitative estimate of drug-likeness (QED) is 0.617. The molecular formula is C20H18N6O2S. The van der Waals surface area contributed by atoms with Crippen molar-refractivity contribution in [3.05, 3.63) is 59.0 Å². The lowest BCUT2D eigenvalue weighted by Gasteiger charge is -2.30. The minimum atomic E-state index is -0.583. The van der Waals surface area contributed by atoms with Crippen LogP contribution in [-0.2, 0) is 4.79 Å². The minimum absolute atomic E-state index is 0.0287. The number of nitrogens with one attached hydrogen (secondary N) is 3. The first-order valence-corrected chi connectivity index (χ1v) is 9.92. The number of nitrogens with zero attached hydrogens (tertiary/aromatic N) is 3. The van der Waals surface area contributed by atoms with E-state index in [9.17, 15) is 9.59 Å². The Balaban J connectivity index is 1.68. The maximum absolute atomic E-state index is 12.8. The van der Waals surface area contributed by atoms with Crippen LogP contribution in [0.25, 0.3) is 10.6 Å². The molecule has 0 aliphatic carbocycles. The fourth-order valence-corrected chi connectivity index (χ4v) is 3.82. The zero-order chi connectivity index (χ0) is 20.4. The lowest BCUT2D eigenvalue weighted by Crippen LogP contribution is -2.52. The summed E-state index contributed by atoms with van der Waals surface area (Å²) < 4.78 is 1.56. The van der Waals surface area contributed by atoms with Crippen molar-refractivity contribution in [2.24, 2.45) is 0 Å². The number of nitriles is 1. The number of carbonyl (C=O) groups excluding carboxylic acids is 2. The molecule has 1 aliphatic rings. The molecule has 2 aromatic heterocycles. The Morgan fingerprint density at radius 2 is 2.21 bits per heavy atom. The Hall–Kier alpha value is -3.48. The highest BCUT2D eigenvalue weighted by Crippen LogP contribution is 2.28. The van der Waals surface area contributed by atoms with Crippen molar-refractivity contribution >= 4 is 29.0 Å². The van der Waals surface area contributed by atoms with E-state index in [-0.39, 0.29) is 17.9 Å². The van der Waals surface area contributed by atoms with Gasteiger partial charge in [0.2, 0.25) is 5.91 Å². The number of amides is 2. The number of aromatic nitrogens is 2. The van der Waals surface area contributed by atoms with Gasteiger partial charge in [-0.1, -0.05) is 12.1 Å². The second-order valence-electron chi connectivity index (χ2n) is 6.73. The molecule has 0 spiro atoms. The van der Waals surface area contributed by atoms with Crippen LogP contribution in [0.5, 0.6) is 0 Å². The van der Waals surface area contributed by atoms with Gasteiger partial charge in [0.15, 0.2) is 6.29 Å². The summed E-state index contributed by atoms with van der Waals surface area (Å²) in [7, 11) is 0. The highest BCUT2D eigenvalue weighted by atomic mass is 32.1. The molecule has 1 aromatic carbocycles. The fraction of sp³-hybridized carbons (Fsp3) is 0.200. The summed E-state index contributed by atoms with van der Waals surface area (Å²) >= 11 is 1.53. The smallest absolute Gasteiger partial charge is 0.256 e. The van der Waals surface area contributed by atoms with E-state index in [0.29, 0.717) is 29.1 Å². The molecule has 0 radical (unpaired) electrons. The highest BCUT2D eigenvalue weighted by molar-refractivity contribution is 7.13. The van der Waals surface area contributed by atoms with E-state index in [4.69, 9.17) is 5.26 Å². The Morgan fingerprint density at radius 3 is 2.93 bits per heavy atom. The monoisotopic (exact) mass is 406 g/mol. The second-order valence-corrected chi connectivity index (χ2v) is 7.67. The molecule has 146 valence electrons. The number of benzene rings is 1. The van der Waals surface area contributed by atoms with Gasteiger partial charge in [-0.05, 0) is 36.6 Å². The third-order valence-corrected chi connectivity index (χ3v) is 5.37. The Kier molecular flexibility index (Phi) is 5.12. The first-order valence-electron chi connectivity index (χ1n) is 9.04. The fourth-order valence-electron chi connectivity index (χ4n) is 3.14. The summed E-state index contributed by atoms with van der Waals surface area (Å²) in [5, 5.41) is 24.6. The van der Waals surface area contributed by atoms with Crippen LogP contribution >= 0.6 is 11.3 Å². The van der Waals surface area contributed by atoms with E-state index >= 15 is 0 Å². The van der Waals surface area contributed by atoms with Gasteiger partial charge in [-0.25, -0.2) is 4.68 Å². The van der Waals surface area contributed by atoms with Crippen LogP contribution in [0.15, 0.2) is 47.8 Å². The molecule has 29 heavy (non-hydrogen) atoms. The number of rotatable bonds is 4. The average molecular weight is 406 g/mol. The SMILES string of the molecule is CC1CC(=O)NC(n2nc(-c3cccs3)cc2NC(=O)c2cccc(C#N)c2)N1. The van der Waals surface area contributed by atoms with Gasteiger partial charge in [-0.15, -0.1) is 11.3 Å². The zero-order valence-corrected chi connectivity index (χ0v) is 16.4. The van der Waals surface area contributed by atoms with Gasteiger partial charge in [0.05, 0.1) is 16.5 Å². The average Bonchev–Trinajstić information content (AvgIpc) is 3.37. The molecule has 2 unspecified atom stereocenters. The topological polar surface area (TPSA) is 112 Å². The van der Waals surface area contributed by atoms with Crippen LogP contribution in [0.1, 0.15) is 35.6 Å². The summed E-state index contributed by atoms with van der Waals surface area (Å²) in [6, 6.07) is 14.1. The van der Waals surface area contributed by atoms with Gasteiger partial charge in [-0.2, -0.15) is 10.4 Å². The molecule has 1 aliphatic heterocycles. The normalized spacial score (nSPS) is 18.7. The molecule has 0 saturated carbocycles. The Bertz CT molecular complexity index is 1100. The van der Waals surface area contributed by atoms with Gasteiger partial charge >= 0.3 is 0 Å². The van der Waals surface area contributed by atoms with Crippen molar-refractivity contribution < 1.29 is 9.59 Å². The number of anilines is 1. The molecule has 0 bridgehead atoms. The van der Waals surface area contributed by atoms with Gasteiger partial charge in [0.1, 0.15) is 11.5 Å². The lowest BCUT2D eigenvalue weighted by molar-refractivity contribution is -0.125. The van der Waals surface area contributed by atoms with Gasteiger partial charge in [0, 0.05) is 24.1 Å². The van der Waals surface area contributed by atoms with Crippen LogP contribution < -0.4 is 16.0 Å². The maximum atomic E-state index is 12.8. The second kappa shape index (κ2) is 7.87. The minimum Gasteiger partial charge on any atom is -0.322 e. The number of carbonyl (C=O) groups is 2. The molecule has 1 fully saturated rings. The van der Waals surface area contributed by atoms with Crippen LogP contribution in [-0.4, -0.2) is 27.6 Å². The van der Waals surface area contributed by atoms with Crippen molar-refractivity contribution in [1.29, 1.82) is 5.26 Å². The Labute approximate surface area is 171 Å². The summed E-state index contributed by atoms with van der Waals surface area (Å²) in [5.41, 5.74) is 1.46. The summed E-state index contributed by atoms with van der Waals surface area (Å²) in [6.07, 6.45) is -0.209. The van der Waals surface area contributed by atoms with Crippen LogP contribution in [0.3, 0.4) is 0 Å². The van der Waals surface area contributed by atoms with E-state index in [1.807, 2.05) is 30.5 Å². The highest BCUT2D eigenvalue weighted by Gasteiger charge is 2.27. The molecule has 3 aromatic rings.